The molecule has 0 aromatic carbocycles. The van der Waals surface area contributed by atoms with Crippen LogP contribution in [0.5, 0.6) is 0 Å². The molecule has 0 radical (unpaired) electrons. The summed E-state index contributed by atoms with van der Waals surface area (Å²) < 4.78 is 15.7. The SMILES string of the molecule is CCN.CO[Si](CC(C)C)(OC)OC. The second-order valence-electron chi connectivity index (χ2n) is 3.30. The Kier molecular flexibility index (Phi) is 11.3. The molecular formula is C9H25NO3Si. The summed E-state index contributed by atoms with van der Waals surface area (Å²) in [6.07, 6.45) is 0. The van der Waals surface area contributed by atoms with Crippen LogP contribution in [0.2, 0.25) is 6.04 Å². The maximum absolute atomic E-state index is 5.24. The first kappa shape index (κ1) is 16.5. The molecule has 0 saturated carbocycles. The van der Waals surface area contributed by atoms with Gasteiger partial charge in [0.15, 0.2) is 0 Å². The zero-order chi connectivity index (χ0) is 11.6. The number of hydrogen-bond donors (Lipinski definition) is 1. The van der Waals surface area contributed by atoms with Crippen LogP contribution in [0.3, 0.4) is 0 Å². The van der Waals surface area contributed by atoms with Crippen molar-refractivity contribution in [1.29, 1.82) is 0 Å². The smallest absolute Gasteiger partial charge is 0.377 e. The number of nitrogens with two attached hydrogens (primary N) is 1. The third-order valence-electron chi connectivity index (χ3n) is 1.59. The first-order valence-corrected chi connectivity index (χ1v) is 6.80. The van der Waals surface area contributed by atoms with Crippen LogP contribution in [0.25, 0.3) is 0 Å². The Morgan fingerprint density at radius 2 is 1.36 bits per heavy atom. The van der Waals surface area contributed by atoms with E-state index in [9.17, 15) is 0 Å². The van der Waals surface area contributed by atoms with Crippen molar-refractivity contribution in [3.63, 3.8) is 0 Å². The summed E-state index contributed by atoms with van der Waals surface area (Å²) in [7, 11) is 2.64. The summed E-state index contributed by atoms with van der Waals surface area (Å²) in [4.78, 5) is 0. The molecule has 5 heteroatoms. The van der Waals surface area contributed by atoms with E-state index in [2.05, 4.69) is 13.8 Å². The molecule has 14 heavy (non-hydrogen) atoms. The second-order valence-corrected chi connectivity index (χ2v) is 6.30. The second kappa shape index (κ2) is 9.61. The molecule has 0 aliphatic carbocycles. The minimum Gasteiger partial charge on any atom is -0.377 e. The molecule has 0 saturated heterocycles. The van der Waals surface area contributed by atoms with Crippen LogP contribution in [0.4, 0.5) is 0 Å². The summed E-state index contributed by atoms with van der Waals surface area (Å²) in [6.45, 7) is 6.90. The summed E-state index contributed by atoms with van der Waals surface area (Å²) in [5.74, 6) is 0.543. The van der Waals surface area contributed by atoms with E-state index in [0.717, 1.165) is 12.6 Å². The van der Waals surface area contributed by atoms with Gasteiger partial charge in [-0.3, -0.25) is 0 Å². The van der Waals surface area contributed by atoms with Crippen LogP contribution in [0, 0.1) is 5.92 Å². The van der Waals surface area contributed by atoms with Crippen molar-refractivity contribution in [3.05, 3.63) is 0 Å². The van der Waals surface area contributed by atoms with Crippen LogP contribution >= 0.6 is 0 Å². The van der Waals surface area contributed by atoms with E-state index >= 15 is 0 Å². The van der Waals surface area contributed by atoms with Gasteiger partial charge in [0.1, 0.15) is 0 Å². The third kappa shape index (κ3) is 7.46. The van der Waals surface area contributed by atoms with Crippen LogP contribution in [-0.2, 0) is 13.3 Å². The van der Waals surface area contributed by atoms with Crippen molar-refractivity contribution in [2.75, 3.05) is 27.9 Å². The summed E-state index contributed by atoms with van der Waals surface area (Å²) in [6, 6.07) is 0.872. The van der Waals surface area contributed by atoms with Crippen LogP contribution in [0.1, 0.15) is 20.8 Å². The Morgan fingerprint density at radius 3 is 1.43 bits per heavy atom. The largest absolute Gasteiger partial charge is 0.500 e. The Labute approximate surface area is 89.1 Å². The van der Waals surface area contributed by atoms with E-state index in [0.29, 0.717) is 5.92 Å². The van der Waals surface area contributed by atoms with Crippen LogP contribution in [0.15, 0.2) is 0 Å². The molecule has 0 heterocycles. The highest BCUT2D eigenvalue weighted by Gasteiger charge is 2.38. The maximum atomic E-state index is 5.24. The first-order valence-electron chi connectivity index (χ1n) is 4.87. The summed E-state index contributed by atoms with van der Waals surface area (Å²) in [5, 5.41) is 0. The molecule has 0 aliphatic heterocycles. The van der Waals surface area contributed by atoms with Crippen molar-refractivity contribution in [3.8, 4) is 0 Å². The van der Waals surface area contributed by atoms with Gasteiger partial charge >= 0.3 is 8.80 Å². The van der Waals surface area contributed by atoms with Gasteiger partial charge in [-0.2, -0.15) is 0 Å². The summed E-state index contributed by atoms with van der Waals surface area (Å²) in [5.41, 5.74) is 4.85. The fraction of sp³-hybridized carbons (Fsp3) is 1.00. The van der Waals surface area contributed by atoms with Gasteiger partial charge in [-0.05, 0) is 12.5 Å². The zero-order valence-electron chi connectivity index (χ0n) is 10.3. The molecule has 0 aromatic heterocycles. The van der Waals surface area contributed by atoms with Crippen molar-refractivity contribution in [2.45, 2.75) is 26.8 Å². The maximum Gasteiger partial charge on any atom is 0.500 e. The van der Waals surface area contributed by atoms with Crippen LogP contribution in [-0.4, -0.2) is 36.7 Å². The molecule has 0 bridgehead atoms. The van der Waals surface area contributed by atoms with Crippen molar-refractivity contribution < 1.29 is 13.3 Å². The standard InChI is InChI=1S/C7H18O3Si.C2H7N/c1-7(2)6-11(8-3,9-4)10-5;1-2-3/h7H,6H2,1-5H3;2-3H2,1H3. The van der Waals surface area contributed by atoms with Crippen molar-refractivity contribution in [1.82, 2.24) is 0 Å². The molecule has 4 nitrogen and oxygen atoms in total. The predicted molar refractivity (Wildman–Crippen MR) is 61.2 cm³/mol. The highest BCUT2D eigenvalue weighted by molar-refractivity contribution is 6.60. The van der Waals surface area contributed by atoms with Gasteiger partial charge < -0.3 is 19.0 Å². The van der Waals surface area contributed by atoms with Gasteiger partial charge in [-0.15, -0.1) is 0 Å². The normalized spacial score (nSPS) is 11.1. The molecule has 0 rings (SSSR count). The number of hydrogen-bond acceptors (Lipinski definition) is 4. The van der Waals surface area contributed by atoms with Gasteiger partial charge in [-0.25, -0.2) is 0 Å². The molecule has 0 amide bonds. The molecule has 0 aliphatic rings. The quantitative estimate of drug-likeness (QED) is 0.717. The molecule has 0 fully saturated rings. The van der Waals surface area contributed by atoms with E-state index in [4.69, 9.17) is 19.0 Å². The highest BCUT2D eigenvalue weighted by atomic mass is 28.4. The molecule has 0 atom stereocenters. The topological polar surface area (TPSA) is 53.7 Å². The Balaban J connectivity index is 0. The van der Waals surface area contributed by atoms with Crippen molar-refractivity contribution in [2.24, 2.45) is 11.7 Å². The lowest BCUT2D eigenvalue weighted by Crippen LogP contribution is -2.43. The van der Waals surface area contributed by atoms with E-state index in [1.54, 1.807) is 21.3 Å². The fourth-order valence-corrected chi connectivity index (χ4v) is 3.00. The minimum atomic E-state index is -2.28. The predicted octanol–water partition coefficient (Wildman–Crippen LogP) is 1.49. The fourth-order valence-electron chi connectivity index (χ4n) is 1.00. The monoisotopic (exact) mass is 223 g/mol. The van der Waals surface area contributed by atoms with E-state index in [1.165, 1.54) is 0 Å². The van der Waals surface area contributed by atoms with E-state index < -0.39 is 8.80 Å². The number of rotatable bonds is 5. The van der Waals surface area contributed by atoms with E-state index in [-0.39, 0.29) is 0 Å². The lowest BCUT2D eigenvalue weighted by Gasteiger charge is -2.25. The van der Waals surface area contributed by atoms with Gasteiger partial charge in [0.25, 0.3) is 0 Å². The van der Waals surface area contributed by atoms with Gasteiger partial charge in [0, 0.05) is 27.4 Å². The average molecular weight is 223 g/mol. The van der Waals surface area contributed by atoms with Crippen LogP contribution < -0.4 is 5.73 Å². The molecule has 0 aromatic rings. The lowest BCUT2D eigenvalue weighted by atomic mass is 10.3. The Morgan fingerprint density at radius 1 is 1.07 bits per heavy atom. The molecule has 88 valence electrons. The molecule has 0 unspecified atom stereocenters. The highest BCUT2D eigenvalue weighted by Crippen LogP contribution is 2.18. The third-order valence-corrected chi connectivity index (χ3v) is 4.77. The molecular weight excluding hydrogens is 198 g/mol. The first-order chi connectivity index (χ1) is 6.51. The van der Waals surface area contributed by atoms with Crippen molar-refractivity contribution >= 4 is 8.80 Å². The average Bonchev–Trinajstić information content (AvgIpc) is 2.15. The molecule has 2 N–H and O–H groups in total. The zero-order valence-corrected chi connectivity index (χ0v) is 11.3. The lowest BCUT2D eigenvalue weighted by molar-refractivity contribution is 0.119. The Hall–Kier alpha value is 0.0569. The van der Waals surface area contributed by atoms with Gasteiger partial charge in [-0.1, -0.05) is 20.8 Å². The minimum absolute atomic E-state index is 0.543. The Bertz CT molecular complexity index is 110. The molecule has 0 spiro atoms. The van der Waals surface area contributed by atoms with Gasteiger partial charge in [0.2, 0.25) is 0 Å². The summed E-state index contributed by atoms with van der Waals surface area (Å²) >= 11 is 0. The van der Waals surface area contributed by atoms with E-state index in [1.807, 2.05) is 6.92 Å². The van der Waals surface area contributed by atoms with Gasteiger partial charge in [0.05, 0.1) is 0 Å².